The Morgan fingerprint density at radius 1 is 1.24 bits per heavy atom. The number of benzene rings is 1. The number of carbonyl (C=O) groups excluding carboxylic acids is 1. The number of amides is 1. The Labute approximate surface area is 128 Å². The monoisotopic (exact) mass is 333 g/mol. The Balaban J connectivity index is 2.97. The van der Waals surface area contributed by atoms with Crippen molar-refractivity contribution in [2.75, 3.05) is 12.8 Å². The van der Waals surface area contributed by atoms with E-state index in [1.165, 1.54) is 45.2 Å². The molecule has 0 saturated carbocycles. The molecule has 116 valence electrons. The first-order chi connectivity index (χ1) is 9.48. The third-order valence-electron chi connectivity index (χ3n) is 3.22. The van der Waals surface area contributed by atoms with Crippen molar-refractivity contribution in [1.29, 1.82) is 0 Å². The van der Waals surface area contributed by atoms with Crippen LogP contribution in [0, 0.1) is 0 Å². The number of likely N-dealkylation sites (N-methyl/N-ethyl adjacent to an activating group) is 1. The van der Waals surface area contributed by atoms with Crippen LogP contribution in [0.1, 0.15) is 13.8 Å². The summed E-state index contributed by atoms with van der Waals surface area (Å²) in [5.74, 6) is -2.82. The van der Waals surface area contributed by atoms with E-state index in [0.717, 1.165) is 4.90 Å². The Hall–Kier alpha value is -1.60. The normalized spacial score (nSPS) is 12.0. The number of hydrogen-bond acceptors (Lipinski definition) is 4. The third-order valence-corrected chi connectivity index (χ3v) is 5.09. The van der Waals surface area contributed by atoms with Crippen molar-refractivity contribution < 1.29 is 23.1 Å². The minimum absolute atomic E-state index is 0.0400. The summed E-state index contributed by atoms with van der Waals surface area (Å²) < 4.78 is 24.2. The molecule has 1 aromatic carbocycles. The number of carboxylic acid groups (broad SMARTS) is 1. The smallest absolute Gasteiger partial charge is 0.329 e. The fraction of sp³-hybridized carbons (Fsp3) is 0.385. The van der Waals surface area contributed by atoms with Crippen LogP contribution in [0.25, 0.3) is 0 Å². The number of sulfone groups is 1. The highest BCUT2D eigenvalue weighted by Gasteiger charge is 2.36. The van der Waals surface area contributed by atoms with Crippen LogP contribution in [0.3, 0.4) is 0 Å². The van der Waals surface area contributed by atoms with Crippen molar-refractivity contribution in [3.8, 4) is 0 Å². The largest absolute Gasteiger partial charge is 0.480 e. The van der Waals surface area contributed by atoms with E-state index in [-0.39, 0.29) is 4.90 Å². The molecule has 0 radical (unpaired) electrons. The van der Waals surface area contributed by atoms with Gasteiger partial charge in [0.15, 0.2) is 9.84 Å². The fourth-order valence-corrected chi connectivity index (χ4v) is 2.80. The van der Waals surface area contributed by atoms with Gasteiger partial charge in [0.25, 0.3) is 0 Å². The molecule has 0 aliphatic rings. The lowest BCUT2D eigenvalue weighted by Gasteiger charge is -2.31. The molecular weight excluding hydrogens is 318 g/mol. The lowest BCUT2D eigenvalue weighted by Crippen LogP contribution is -2.52. The summed E-state index contributed by atoms with van der Waals surface area (Å²) in [6, 6.07) is 5.41. The maximum absolute atomic E-state index is 12.1. The number of halogens is 1. The van der Waals surface area contributed by atoms with E-state index in [1.807, 2.05) is 0 Å². The molecule has 0 saturated heterocycles. The summed E-state index contributed by atoms with van der Waals surface area (Å²) in [5.41, 5.74) is -1.49. The lowest BCUT2D eigenvalue weighted by atomic mass is 10.0. The number of rotatable bonds is 5. The average molecular weight is 334 g/mol. The van der Waals surface area contributed by atoms with E-state index < -0.39 is 33.0 Å². The fourth-order valence-electron chi connectivity index (χ4n) is 1.44. The van der Waals surface area contributed by atoms with Crippen molar-refractivity contribution in [3.05, 3.63) is 29.3 Å². The van der Waals surface area contributed by atoms with Gasteiger partial charge in [-0.2, -0.15) is 0 Å². The SMILES string of the molecule is CN(C(=O)CS(=O)(=O)c1ccc(Cl)cc1)C(C)(C)C(=O)O. The first-order valence-corrected chi connectivity index (χ1v) is 8.00. The predicted octanol–water partition coefficient (Wildman–Crippen LogP) is 1.44. The molecular formula is C13H16ClNO5S. The molecule has 0 aliphatic carbocycles. The zero-order valence-electron chi connectivity index (χ0n) is 11.8. The third kappa shape index (κ3) is 3.95. The molecule has 0 spiro atoms. The van der Waals surface area contributed by atoms with Gasteiger partial charge in [-0.25, -0.2) is 13.2 Å². The molecule has 8 heteroatoms. The molecule has 0 aliphatic heterocycles. The number of nitrogens with zero attached hydrogens (tertiary/aromatic N) is 1. The van der Waals surface area contributed by atoms with E-state index >= 15 is 0 Å². The van der Waals surface area contributed by atoms with Crippen molar-refractivity contribution in [1.82, 2.24) is 4.90 Å². The maximum Gasteiger partial charge on any atom is 0.329 e. The second kappa shape index (κ2) is 6.03. The molecule has 1 amide bonds. The minimum Gasteiger partial charge on any atom is -0.480 e. The Morgan fingerprint density at radius 3 is 2.14 bits per heavy atom. The summed E-state index contributed by atoms with van der Waals surface area (Å²) in [6.45, 7) is 2.64. The van der Waals surface area contributed by atoms with Gasteiger partial charge in [-0.1, -0.05) is 11.6 Å². The van der Waals surface area contributed by atoms with Crippen molar-refractivity contribution >= 4 is 33.3 Å². The number of carbonyl (C=O) groups is 2. The highest BCUT2D eigenvalue weighted by atomic mass is 35.5. The Bertz CT molecular complexity index is 652. The van der Waals surface area contributed by atoms with Crippen LogP contribution in [-0.2, 0) is 19.4 Å². The van der Waals surface area contributed by atoms with E-state index in [9.17, 15) is 18.0 Å². The maximum atomic E-state index is 12.1. The average Bonchev–Trinajstić information content (AvgIpc) is 2.37. The van der Waals surface area contributed by atoms with Gasteiger partial charge in [-0.3, -0.25) is 4.79 Å². The van der Waals surface area contributed by atoms with Crippen LogP contribution >= 0.6 is 11.6 Å². The summed E-state index contributed by atoms with van der Waals surface area (Å²) in [6.07, 6.45) is 0. The molecule has 1 N–H and O–H groups in total. The Kier molecular flexibility index (Phi) is 5.01. The van der Waals surface area contributed by atoms with E-state index in [1.54, 1.807) is 0 Å². The molecule has 1 rings (SSSR count). The van der Waals surface area contributed by atoms with Gasteiger partial charge in [0.05, 0.1) is 4.90 Å². The minimum atomic E-state index is -3.85. The molecule has 0 aromatic heterocycles. The summed E-state index contributed by atoms with van der Waals surface area (Å²) in [4.78, 5) is 24.0. The number of hydrogen-bond donors (Lipinski definition) is 1. The van der Waals surface area contributed by atoms with Gasteiger partial charge in [0.2, 0.25) is 5.91 Å². The molecule has 21 heavy (non-hydrogen) atoms. The van der Waals surface area contributed by atoms with Crippen LogP contribution in [0.4, 0.5) is 0 Å². The molecule has 0 unspecified atom stereocenters. The highest BCUT2D eigenvalue weighted by Crippen LogP contribution is 2.18. The summed E-state index contributed by atoms with van der Waals surface area (Å²) in [7, 11) is -2.59. The summed E-state index contributed by atoms with van der Waals surface area (Å²) in [5, 5.41) is 9.43. The van der Waals surface area contributed by atoms with Gasteiger partial charge in [0, 0.05) is 12.1 Å². The second-order valence-corrected chi connectivity index (χ2v) is 7.46. The number of aliphatic carboxylic acids is 1. The molecule has 1 aromatic rings. The molecule has 6 nitrogen and oxygen atoms in total. The standard InChI is InChI=1S/C13H16ClNO5S/c1-13(2,12(17)18)15(3)11(16)8-21(19,20)10-6-4-9(14)5-7-10/h4-7H,8H2,1-3H3,(H,17,18). The molecule has 0 heterocycles. The second-order valence-electron chi connectivity index (χ2n) is 5.03. The Morgan fingerprint density at radius 2 is 1.71 bits per heavy atom. The van der Waals surface area contributed by atoms with Gasteiger partial charge in [0.1, 0.15) is 11.3 Å². The van der Waals surface area contributed by atoms with Crippen LogP contribution < -0.4 is 0 Å². The van der Waals surface area contributed by atoms with Gasteiger partial charge < -0.3 is 10.0 Å². The van der Waals surface area contributed by atoms with Crippen LogP contribution in [0.2, 0.25) is 5.02 Å². The zero-order valence-corrected chi connectivity index (χ0v) is 13.4. The van der Waals surface area contributed by atoms with Crippen molar-refractivity contribution in [3.63, 3.8) is 0 Å². The zero-order chi connectivity index (χ0) is 16.4. The predicted molar refractivity (Wildman–Crippen MR) is 78.0 cm³/mol. The van der Waals surface area contributed by atoms with Gasteiger partial charge >= 0.3 is 5.97 Å². The van der Waals surface area contributed by atoms with E-state index in [4.69, 9.17) is 16.7 Å². The van der Waals surface area contributed by atoms with Crippen molar-refractivity contribution in [2.24, 2.45) is 0 Å². The lowest BCUT2D eigenvalue weighted by molar-refractivity contribution is -0.154. The van der Waals surface area contributed by atoms with Gasteiger partial charge in [-0.05, 0) is 38.1 Å². The molecule has 0 bridgehead atoms. The first-order valence-electron chi connectivity index (χ1n) is 5.97. The highest BCUT2D eigenvalue weighted by molar-refractivity contribution is 7.92. The van der Waals surface area contributed by atoms with E-state index in [0.29, 0.717) is 5.02 Å². The number of carboxylic acids is 1. The van der Waals surface area contributed by atoms with Crippen LogP contribution in [0.5, 0.6) is 0 Å². The molecule has 0 fully saturated rings. The summed E-state index contributed by atoms with van der Waals surface area (Å²) >= 11 is 5.68. The van der Waals surface area contributed by atoms with E-state index in [2.05, 4.69) is 0 Å². The van der Waals surface area contributed by atoms with Crippen LogP contribution in [0.15, 0.2) is 29.2 Å². The van der Waals surface area contributed by atoms with Crippen LogP contribution in [-0.4, -0.2) is 48.6 Å². The topological polar surface area (TPSA) is 91.8 Å². The quantitative estimate of drug-likeness (QED) is 0.880. The molecule has 0 atom stereocenters. The van der Waals surface area contributed by atoms with Crippen molar-refractivity contribution in [2.45, 2.75) is 24.3 Å². The van der Waals surface area contributed by atoms with Gasteiger partial charge in [-0.15, -0.1) is 0 Å². The first kappa shape index (κ1) is 17.5.